The maximum absolute atomic E-state index is 12.5. The lowest BCUT2D eigenvalue weighted by molar-refractivity contribution is -0.128. The Kier molecular flexibility index (Phi) is 6.64. The van der Waals surface area contributed by atoms with Crippen molar-refractivity contribution in [1.29, 1.82) is 0 Å². The first-order valence-electron chi connectivity index (χ1n) is 9.35. The number of hydrogen-bond acceptors (Lipinski definition) is 5. The molecule has 0 saturated carbocycles. The smallest absolute Gasteiger partial charge is 0.238 e. The highest BCUT2D eigenvalue weighted by Crippen LogP contribution is 2.10. The lowest BCUT2D eigenvalue weighted by Gasteiger charge is -2.21. The Balaban J connectivity index is 1.54. The van der Waals surface area contributed by atoms with Gasteiger partial charge in [-0.2, -0.15) is 0 Å². The fourth-order valence-corrected chi connectivity index (χ4v) is 4.17. The lowest BCUT2D eigenvalue weighted by atomic mass is 10.2. The van der Waals surface area contributed by atoms with Crippen LogP contribution in [0.15, 0.2) is 48.1 Å². The minimum Gasteiger partial charge on any atom is -0.340 e. The highest BCUT2D eigenvalue weighted by molar-refractivity contribution is 7.95. The van der Waals surface area contributed by atoms with Gasteiger partial charge in [-0.1, -0.05) is 30.3 Å². The zero-order valence-electron chi connectivity index (χ0n) is 16.1. The summed E-state index contributed by atoms with van der Waals surface area (Å²) in [5.74, 6) is 0.153. The quantitative estimate of drug-likeness (QED) is 0.733. The van der Waals surface area contributed by atoms with Crippen molar-refractivity contribution in [3.05, 3.63) is 59.5 Å². The predicted molar refractivity (Wildman–Crippen MR) is 109 cm³/mol. The van der Waals surface area contributed by atoms with Gasteiger partial charge < -0.3 is 9.47 Å². The number of rotatable bonds is 6. The number of aryl methyl sites for hydroxylation is 1. The van der Waals surface area contributed by atoms with Gasteiger partial charge in [-0.15, -0.1) is 0 Å². The van der Waals surface area contributed by atoms with Crippen LogP contribution in [0.2, 0.25) is 0 Å². The second-order valence-corrected chi connectivity index (χ2v) is 8.87. The third-order valence-electron chi connectivity index (χ3n) is 4.82. The van der Waals surface area contributed by atoms with Gasteiger partial charge in [0.05, 0.1) is 6.54 Å². The van der Waals surface area contributed by atoms with Gasteiger partial charge >= 0.3 is 0 Å². The van der Waals surface area contributed by atoms with Crippen molar-refractivity contribution in [2.45, 2.75) is 13.0 Å². The topological polar surface area (TPSA) is 75.5 Å². The Morgan fingerprint density at radius 3 is 2.64 bits per heavy atom. The summed E-state index contributed by atoms with van der Waals surface area (Å²) in [5.41, 5.74) is 0.790. The molecule has 1 aromatic heterocycles. The van der Waals surface area contributed by atoms with Crippen molar-refractivity contribution in [2.75, 3.05) is 31.9 Å². The number of sulfone groups is 1. The van der Waals surface area contributed by atoms with Gasteiger partial charge in [-0.3, -0.25) is 9.69 Å². The second-order valence-electron chi connectivity index (χ2n) is 6.99. The molecular weight excluding hydrogens is 376 g/mol. The van der Waals surface area contributed by atoms with Crippen LogP contribution in [-0.2, 0) is 28.2 Å². The van der Waals surface area contributed by atoms with Crippen LogP contribution in [0.4, 0.5) is 0 Å². The maximum Gasteiger partial charge on any atom is 0.238 e. The van der Waals surface area contributed by atoms with Gasteiger partial charge in [0.2, 0.25) is 5.91 Å². The van der Waals surface area contributed by atoms with Crippen LogP contribution in [0.1, 0.15) is 17.8 Å². The zero-order valence-corrected chi connectivity index (χ0v) is 16.9. The van der Waals surface area contributed by atoms with Gasteiger partial charge in [0.1, 0.15) is 11.6 Å². The van der Waals surface area contributed by atoms with E-state index in [0.29, 0.717) is 19.6 Å². The number of hydrogen-bond donors (Lipinski definition) is 0. The van der Waals surface area contributed by atoms with E-state index in [1.807, 2.05) is 48.1 Å². The Labute approximate surface area is 166 Å². The van der Waals surface area contributed by atoms with Crippen LogP contribution in [-0.4, -0.2) is 65.6 Å². The Hall–Kier alpha value is -2.45. The van der Waals surface area contributed by atoms with E-state index in [2.05, 4.69) is 9.88 Å². The summed E-state index contributed by atoms with van der Waals surface area (Å²) in [5, 5.41) is 1.13. The van der Waals surface area contributed by atoms with Crippen molar-refractivity contribution in [3.63, 3.8) is 0 Å². The van der Waals surface area contributed by atoms with E-state index in [4.69, 9.17) is 0 Å². The number of aromatic nitrogens is 2. The molecule has 0 bridgehead atoms. The molecule has 0 spiro atoms. The molecule has 0 unspecified atom stereocenters. The second kappa shape index (κ2) is 9.16. The number of amides is 1. The molecule has 1 aromatic carbocycles. The minimum absolute atomic E-state index is 0.337. The zero-order chi connectivity index (χ0) is 20.0. The van der Waals surface area contributed by atoms with Crippen LogP contribution >= 0.6 is 0 Å². The molecule has 1 aliphatic rings. The summed E-state index contributed by atoms with van der Waals surface area (Å²) in [6.07, 6.45) is 6.03. The lowest BCUT2D eigenvalue weighted by Crippen LogP contribution is -2.38. The van der Waals surface area contributed by atoms with Gasteiger partial charge in [0.15, 0.2) is 9.84 Å². The maximum atomic E-state index is 12.5. The molecule has 1 amide bonds. The van der Waals surface area contributed by atoms with E-state index < -0.39 is 15.6 Å². The number of nitrogens with zero attached hydrogens (tertiary/aromatic N) is 4. The molecule has 0 aliphatic carbocycles. The van der Waals surface area contributed by atoms with Gasteiger partial charge in [0, 0.05) is 51.0 Å². The number of carbonyl (C=O) groups is 1. The Bertz CT molecular complexity index is 922. The SMILES string of the molecule is Cn1ccnc1CN1CCCN(C(=O)CS(=O)(=O)/C=C/c2ccccc2)CC1. The third kappa shape index (κ3) is 5.77. The van der Waals surface area contributed by atoms with Crippen LogP contribution in [0.5, 0.6) is 0 Å². The summed E-state index contributed by atoms with van der Waals surface area (Å²) in [4.78, 5) is 20.8. The van der Waals surface area contributed by atoms with E-state index in [0.717, 1.165) is 36.3 Å². The molecule has 1 fully saturated rings. The Morgan fingerprint density at radius 2 is 1.93 bits per heavy atom. The standard InChI is InChI=1S/C20H26N4O3S/c1-22-12-9-21-19(22)16-23-10-5-11-24(14-13-23)20(25)17-28(26,27)15-8-18-6-3-2-4-7-18/h2-4,6-9,12,15H,5,10-11,13-14,16-17H2,1H3/b15-8+. The predicted octanol–water partition coefficient (Wildman–Crippen LogP) is 1.54. The summed E-state index contributed by atoms with van der Waals surface area (Å²) in [6, 6.07) is 9.18. The molecule has 1 aliphatic heterocycles. The van der Waals surface area contributed by atoms with Crippen molar-refractivity contribution >= 4 is 21.8 Å². The minimum atomic E-state index is -3.60. The van der Waals surface area contributed by atoms with Crippen LogP contribution in [0.25, 0.3) is 6.08 Å². The molecule has 0 radical (unpaired) electrons. The molecule has 0 N–H and O–H groups in total. The summed E-state index contributed by atoms with van der Waals surface area (Å²) in [6.45, 7) is 3.40. The van der Waals surface area contributed by atoms with E-state index in [1.54, 1.807) is 11.1 Å². The van der Waals surface area contributed by atoms with Crippen LogP contribution in [0.3, 0.4) is 0 Å². The molecule has 8 heteroatoms. The highest BCUT2D eigenvalue weighted by atomic mass is 32.2. The number of imidazole rings is 1. The fraction of sp³-hybridized carbons (Fsp3) is 0.400. The monoisotopic (exact) mass is 402 g/mol. The first-order valence-corrected chi connectivity index (χ1v) is 11.1. The molecule has 2 heterocycles. The largest absolute Gasteiger partial charge is 0.340 e. The number of carbonyl (C=O) groups excluding carboxylic acids is 1. The number of benzene rings is 1. The van der Waals surface area contributed by atoms with Gasteiger partial charge in [-0.25, -0.2) is 13.4 Å². The third-order valence-corrected chi connectivity index (χ3v) is 6.02. The first kappa shape index (κ1) is 20.3. The average molecular weight is 403 g/mol. The van der Waals surface area contributed by atoms with E-state index in [9.17, 15) is 13.2 Å². The molecule has 2 aromatic rings. The summed E-state index contributed by atoms with van der Waals surface area (Å²) >= 11 is 0. The molecule has 1 saturated heterocycles. The first-order chi connectivity index (χ1) is 13.4. The van der Waals surface area contributed by atoms with Crippen molar-refractivity contribution < 1.29 is 13.2 Å². The normalized spacial score (nSPS) is 16.4. The molecule has 3 rings (SSSR count). The van der Waals surface area contributed by atoms with Gasteiger partial charge in [-0.05, 0) is 18.1 Å². The highest BCUT2D eigenvalue weighted by Gasteiger charge is 2.23. The molecule has 28 heavy (non-hydrogen) atoms. The van der Waals surface area contributed by atoms with E-state index in [1.165, 1.54) is 6.08 Å². The van der Waals surface area contributed by atoms with Gasteiger partial charge in [0.25, 0.3) is 0 Å². The van der Waals surface area contributed by atoms with Crippen LogP contribution < -0.4 is 0 Å². The Morgan fingerprint density at radius 1 is 1.14 bits per heavy atom. The average Bonchev–Trinajstić information content (AvgIpc) is 2.92. The molecule has 7 nitrogen and oxygen atoms in total. The molecule has 0 atom stereocenters. The van der Waals surface area contributed by atoms with Crippen molar-refractivity contribution in [1.82, 2.24) is 19.4 Å². The van der Waals surface area contributed by atoms with Crippen molar-refractivity contribution in [3.8, 4) is 0 Å². The molecule has 150 valence electrons. The summed E-state index contributed by atoms with van der Waals surface area (Å²) in [7, 11) is -1.64. The molecular formula is C20H26N4O3S. The van der Waals surface area contributed by atoms with E-state index >= 15 is 0 Å². The van der Waals surface area contributed by atoms with Crippen LogP contribution in [0, 0.1) is 0 Å². The summed E-state index contributed by atoms with van der Waals surface area (Å²) < 4.78 is 26.6. The van der Waals surface area contributed by atoms with E-state index in [-0.39, 0.29) is 5.91 Å². The fourth-order valence-electron chi connectivity index (χ4n) is 3.19. The van der Waals surface area contributed by atoms with Crippen molar-refractivity contribution in [2.24, 2.45) is 7.05 Å².